The molecule has 0 amide bonds. The zero-order valence-electron chi connectivity index (χ0n) is 11.6. The van der Waals surface area contributed by atoms with Gasteiger partial charge in [-0.05, 0) is 17.5 Å². The van der Waals surface area contributed by atoms with Crippen LogP contribution in [0.25, 0.3) is 0 Å². The molecule has 20 heavy (non-hydrogen) atoms. The Bertz CT molecular complexity index is 528. The number of thiophene rings is 1. The molecule has 0 spiro atoms. The van der Waals surface area contributed by atoms with E-state index < -0.39 is 6.10 Å². The van der Waals surface area contributed by atoms with Gasteiger partial charge in [0.1, 0.15) is 17.6 Å². The standard InChI is InChI=1S/C15H19NO3S/c1-18-12-6-5-11(14(8-12)19-2)9-16-10-13(17)15-4-3-7-20-15/h3-8,13,16-17H,9-10H2,1-2H3. The summed E-state index contributed by atoms with van der Waals surface area (Å²) in [7, 11) is 3.27. The van der Waals surface area contributed by atoms with E-state index >= 15 is 0 Å². The largest absolute Gasteiger partial charge is 0.497 e. The number of aliphatic hydroxyl groups is 1. The van der Waals surface area contributed by atoms with Gasteiger partial charge in [-0.1, -0.05) is 12.1 Å². The normalized spacial score (nSPS) is 12.2. The van der Waals surface area contributed by atoms with Crippen LogP contribution in [0.1, 0.15) is 16.5 Å². The van der Waals surface area contributed by atoms with Crippen LogP contribution < -0.4 is 14.8 Å². The highest BCUT2D eigenvalue weighted by molar-refractivity contribution is 7.10. The van der Waals surface area contributed by atoms with Crippen LogP contribution in [0.15, 0.2) is 35.7 Å². The summed E-state index contributed by atoms with van der Waals surface area (Å²) in [5.74, 6) is 1.55. The fourth-order valence-electron chi connectivity index (χ4n) is 1.92. The molecule has 5 heteroatoms. The Kier molecular flexibility index (Phi) is 5.40. The molecule has 0 bridgehead atoms. The van der Waals surface area contributed by atoms with Crippen LogP contribution in [-0.2, 0) is 6.54 Å². The molecule has 1 aromatic carbocycles. The average Bonchev–Trinajstić information content (AvgIpc) is 3.01. The van der Waals surface area contributed by atoms with Crippen LogP contribution in [0.2, 0.25) is 0 Å². The highest BCUT2D eigenvalue weighted by atomic mass is 32.1. The Balaban J connectivity index is 1.90. The number of aliphatic hydroxyl groups excluding tert-OH is 1. The van der Waals surface area contributed by atoms with Crippen molar-refractivity contribution in [2.45, 2.75) is 12.6 Å². The second-order valence-corrected chi connectivity index (χ2v) is 5.32. The summed E-state index contributed by atoms with van der Waals surface area (Å²) in [5, 5.41) is 15.2. The van der Waals surface area contributed by atoms with E-state index in [9.17, 15) is 5.11 Å². The molecule has 1 heterocycles. The molecule has 2 N–H and O–H groups in total. The Morgan fingerprint density at radius 3 is 2.75 bits per heavy atom. The summed E-state index contributed by atoms with van der Waals surface area (Å²) in [5.41, 5.74) is 1.03. The lowest BCUT2D eigenvalue weighted by Gasteiger charge is -2.13. The van der Waals surface area contributed by atoms with Crippen LogP contribution in [0.5, 0.6) is 11.5 Å². The first-order chi connectivity index (χ1) is 9.74. The van der Waals surface area contributed by atoms with Crippen molar-refractivity contribution in [1.82, 2.24) is 5.32 Å². The van der Waals surface area contributed by atoms with Crippen LogP contribution in [0.3, 0.4) is 0 Å². The smallest absolute Gasteiger partial charge is 0.127 e. The van der Waals surface area contributed by atoms with E-state index in [1.807, 2.05) is 35.7 Å². The molecule has 1 aromatic heterocycles. The maximum atomic E-state index is 9.99. The summed E-state index contributed by atoms with van der Waals surface area (Å²) in [4.78, 5) is 0.971. The van der Waals surface area contributed by atoms with Gasteiger partial charge in [0.25, 0.3) is 0 Å². The van der Waals surface area contributed by atoms with Gasteiger partial charge in [0.2, 0.25) is 0 Å². The summed E-state index contributed by atoms with van der Waals surface area (Å²) >= 11 is 1.56. The van der Waals surface area contributed by atoms with E-state index in [0.29, 0.717) is 13.1 Å². The molecule has 0 fully saturated rings. The van der Waals surface area contributed by atoms with Crippen molar-refractivity contribution in [2.75, 3.05) is 20.8 Å². The minimum atomic E-state index is -0.473. The monoisotopic (exact) mass is 293 g/mol. The van der Waals surface area contributed by atoms with E-state index in [1.54, 1.807) is 25.6 Å². The van der Waals surface area contributed by atoms with Gasteiger partial charge in [-0.2, -0.15) is 0 Å². The average molecular weight is 293 g/mol. The van der Waals surface area contributed by atoms with Crippen LogP contribution in [0, 0.1) is 0 Å². The van der Waals surface area contributed by atoms with E-state index in [-0.39, 0.29) is 0 Å². The number of nitrogens with one attached hydrogen (secondary N) is 1. The molecule has 4 nitrogen and oxygen atoms in total. The molecule has 0 aliphatic heterocycles. The van der Waals surface area contributed by atoms with Gasteiger partial charge in [0, 0.05) is 29.6 Å². The Labute approximate surface area is 123 Å². The minimum absolute atomic E-state index is 0.473. The number of hydrogen-bond donors (Lipinski definition) is 2. The first-order valence-corrected chi connectivity index (χ1v) is 7.25. The lowest BCUT2D eigenvalue weighted by molar-refractivity contribution is 0.178. The Hall–Kier alpha value is -1.56. The molecule has 1 atom stereocenters. The predicted octanol–water partition coefficient (Wildman–Crippen LogP) is 2.59. The number of hydrogen-bond acceptors (Lipinski definition) is 5. The van der Waals surface area contributed by atoms with Crippen LogP contribution >= 0.6 is 11.3 Å². The van der Waals surface area contributed by atoms with Crippen molar-refractivity contribution in [3.8, 4) is 11.5 Å². The summed E-state index contributed by atoms with van der Waals surface area (Å²) in [6.07, 6.45) is -0.473. The van der Waals surface area contributed by atoms with E-state index in [2.05, 4.69) is 5.32 Å². The predicted molar refractivity (Wildman–Crippen MR) is 80.5 cm³/mol. The minimum Gasteiger partial charge on any atom is -0.497 e. The summed E-state index contributed by atoms with van der Waals surface area (Å²) in [6.45, 7) is 1.14. The maximum absolute atomic E-state index is 9.99. The summed E-state index contributed by atoms with van der Waals surface area (Å²) in [6, 6.07) is 9.59. The fourth-order valence-corrected chi connectivity index (χ4v) is 2.63. The van der Waals surface area contributed by atoms with E-state index in [1.165, 1.54) is 0 Å². The van der Waals surface area contributed by atoms with Gasteiger partial charge in [-0.3, -0.25) is 0 Å². The lowest BCUT2D eigenvalue weighted by Crippen LogP contribution is -2.20. The number of methoxy groups -OCH3 is 2. The molecule has 0 saturated carbocycles. The van der Waals surface area contributed by atoms with Crippen molar-refractivity contribution < 1.29 is 14.6 Å². The Morgan fingerprint density at radius 1 is 1.25 bits per heavy atom. The molecule has 1 unspecified atom stereocenters. The van der Waals surface area contributed by atoms with Gasteiger partial charge < -0.3 is 19.9 Å². The van der Waals surface area contributed by atoms with Crippen LogP contribution in [0.4, 0.5) is 0 Å². The second-order valence-electron chi connectivity index (χ2n) is 4.34. The topological polar surface area (TPSA) is 50.7 Å². The number of rotatable bonds is 7. The molecule has 0 aliphatic rings. The van der Waals surface area contributed by atoms with Crippen molar-refractivity contribution in [3.63, 3.8) is 0 Å². The SMILES string of the molecule is COc1ccc(CNCC(O)c2cccs2)c(OC)c1. The molecule has 0 aliphatic carbocycles. The van der Waals surface area contributed by atoms with Crippen LogP contribution in [-0.4, -0.2) is 25.9 Å². The molecule has 0 radical (unpaired) electrons. The number of ether oxygens (including phenoxy) is 2. The third-order valence-electron chi connectivity index (χ3n) is 3.02. The highest BCUT2D eigenvalue weighted by Gasteiger charge is 2.09. The molecule has 108 valence electrons. The van der Waals surface area contributed by atoms with Gasteiger partial charge in [0.05, 0.1) is 14.2 Å². The van der Waals surface area contributed by atoms with Crippen molar-refractivity contribution in [1.29, 1.82) is 0 Å². The zero-order chi connectivity index (χ0) is 14.4. The molecule has 2 aromatic rings. The van der Waals surface area contributed by atoms with E-state index in [4.69, 9.17) is 9.47 Å². The molecule has 2 rings (SSSR count). The van der Waals surface area contributed by atoms with Crippen molar-refractivity contribution >= 4 is 11.3 Å². The van der Waals surface area contributed by atoms with Gasteiger partial charge in [-0.25, -0.2) is 0 Å². The first-order valence-electron chi connectivity index (χ1n) is 6.37. The van der Waals surface area contributed by atoms with Gasteiger partial charge in [0.15, 0.2) is 0 Å². The van der Waals surface area contributed by atoms with Gasteiger partial charge in [-0.15, -0.1) is 11.3 Å². The first kappa shape index (κ1) is 14.8. The summed E-state index contributed by atoms with van der Waals surface area (Å²) < 4.78 is 10.5. The van der Waals surface area contributed by atoms with Crippen molar-refractivity contribution in [3.05, 3.63) is 46.2 Å². The van der Waals surface area contributed by atoms with E-state index in [0.717, 1.165) is 21.9 Å². The highest BCUT2D eigenvalue weighted by Crippen LogP contribution is 2.24. The lowest BCUT2D eigenvalue weighted by atomic mass is 10.2. The van der Waals surface area contributed by atoms with Gasteiger partial charge >= 0.3 is 0 Å². The molecular weight excluding hydrogens is 274 g/mol. The maximum Gasteiger partial charge on any atom is 0.127 e. The molecular formula is C15H19NO3S. The third kappa shape index (κ3) is 3.72. The zero-order valence-corrected chi connectivity index (χ0v) is 12.4. The van der Waals surface area contributed by atoms with Crippen molar-refractivity contribution in [2.24, 2.45) is 0 Å². The third-order valence-corrected chi connectivity index (χ3v) is 3.99. The number of benzene rings is 1. The quantitative estimate of drug-likeness (QED) is 0.824. The fraction of sp³-hybridized carbons (Fsp3) is 0.333. The second kappa shape index (κ2) is 7.28. The molecule has 0 saturated heterocycles. The Morgan fingerprint density at radius 2 is 2.10 bits per heavy atom.